The molecule has 0 unspecified atom stereocenters. The van der Waals surface area contributed by atoms with E-state index in [0.717, 1.165) is 0 Å². The van der Waals surface area contributed by atoms with E-state index in [2.05, 4.69) is 44.2 Å². The number of rotatable bonds is 1. The molecule has 0 saturated carbocycles. The molecular weight excluding hydrogens is 257 g/mol. The van der Waals surface area contributed by atoms with Crippen LogP contribution in [0.25, 0.3) is 11.1 Å². The van der Waals surface area contributed by atoms with Crippen molar-refractivity contribution in [2.75, 3.05) is 0 Å². The van der Waals surface area contributed by atoms with E-state index in [1.54, 1.807) is 0 Å². The Morgan fingerprint density at radius 3 is 2.47 bits per heavy atom. The third kappa shape index (κ3) is 3.00. The van der Waals surface area contributed by atoms with E-state index in [-0.39, 0.29) is 32.7 Å². The van der Waals surface area contributed by atoms with E-state index in [9.17, 15) is 0 Å². The number of aryl methyl sites for hydroxylation is 2. The van der Waals surface area contributed by atoms with Crippen molar-refractivity contribution in [3.63, 3.8) is 0 Å². The largest absolute Gasteiger partial charge is 3.00 e. The monoisotopic (exact) mass is 270 g/mol. The quantitative estimate of drug-likeness (QED) is 0.692. The van der Waals surface area contributed by atoms with Crippen LogP contribution in [0.15, 0.2) is 42.5 Å². The van der Waals surface area contributed by atoms with Gasteiger partial charge in [0.15, 0.2) is 0 Å². The average molecular weight is 270 g/mol. The normalized spacial score (nSPS) is 9.47. The van der Waals surface area contributed by atoms with E-state index in [4.69, 9.17) is 0 Å². The molecule has 2 aromatic rings. The number of hydrogen-bond donors (Lipinski definition) is 0. The van der Waals surface area contributed by atoms with E-state index in [0.29, 0.717) is 0 Å². The Balaban J connectivity index is 0.00000112. The molecule has 0 radical (unpaired) electrons. The third-order valence-corrected chi connectivity index (χ3v) is 2.40. The maximum absolute atomic E-state index is 3.10. The molecule has 1 heteroatoms. The van der Waals surface area contributed by atoms with Crippen LogP contribution in [0.2, 0.25) is 0 Å². The van der Waals surface area contributed by atoms with Gasteiger partial charge in [0.05, 0.1) is 0 Å². The maximum Gasteiger partial charge on any atom is 3.00 e. The summed E-state index contributed by atoms with van der Waals surface area (Å²) in [5, 5.41) is 0. The van der Waals surface area contributed by atoms with Crippen LogP contribution in [-0.4, -0.2) is 0 Å². The zero-order valence-corrected chi connectivity index (χ0v) is 12.0. The Labute approximate surface area is 117 Å². The van der Waals surface area contributed by atoms with E-state index in [1.165, 1.54) is 22.3 Å². The summed E-state index contributed by atoms with van der Waals surface area (Å²) in [5.74, 6) is 0. The van der Waals surface area contributed by atoms with Crippen molar-refractivity contribution in [2.45, 2.75) is 13.8 Å². The van der Waals surface area contributed by atoms with E-state index >= 15 is 0 Å². The fraction of sp³-hybridized carbons (Fsp3) is 0.143. The standard InChI is InChI=1S/C14H13.Y/c1-11-8-9-14(12(2)10-11)13-6-4-3-5-7-13;/h3-4,6-10H,1-2H3;/q-1;+3. The Kier molecular flexibility index (Phi) is 4.69. The fourth-order valence-corrected chi connectivity index (χ4v) is 1.70. The fourth-order valence-electron chi connectivity index (χ4n) is 1.70. The number of hydrogen-bond acceptors (Lipinski definition) is 0. The molecule has 0 aromatic heterocycles. The van der Waals surface area contributed by atoms with Crippen LogP contribution in [0.4, 0.5) is 0 Å². The summed E-state index contributed by atoms with van der Waals surface area (Å²) in [5.41, 5.74) is 5.17. The van der Waals surface area contributed by atoms with Gasteiger partial charge in [0, 0.05) is 0 Å². The van der Waals surface area contributed by atoms with Crippen molar-refractivity contribution in [1.29, 1.82) is 0 Å². The second kappa shape index (κ2) is 5.58. The van der Waals surface area contributed by atoms with Crippen LogP contribution in [0.1, 0.15) is 11.1 Å². The van der Waals surface area contributed by atoms with E-state index < -0.39 is 0 Å². The van der Waals surface area contributed by atoms with Crippen LogP contribution in [-0.2, 0) is 32.7 Å². The summed E-state index contributed by atoms with van der Waals surface area (Å²) in [6, 6.07) is 17.7. The first kappa shape index (κ1) is 12.6. The van der Waals surface area contributed by atoms with Crippen molar-refractivity contribution >= 4 is 0 Å². The second-order valence-corrected chi connectivity index (χ2v) is 3.61. The molecule has 0 amide bonds. The summed E-state index contributed by atoms with van der Waals surface area (Å²) in [7, 11) is 0. The van der Waals surface area contributed by atoms with Gasteiger partial charge in [-0.25, -0.2) is 0 Å². The number of benzene rings is 2. The van der Waals surface area contributed by atoms with Crippen molar-refractivity contribution in [1.82, 2.24) is 0 Å². The van der Waals surface area contributed by atoms with Gasteiger partial charge in [-0.3, -0.25) is 0 Å². The molecule has 0 fully saturated rings. The molecule has 0 aliphatic heterocycles. The van der Waals surface area contributed by atoms with Gasteiger partial charge in [0.25, 0.3) is 0 Å². The van der Waals surface area contributed by atoms with Gasteiger partial charge in [-0.1, -0.05) is 34.9 Å². The van der Waals surface area contributed by atoms with E-state index in [1.807, 2.05) is 18.2 Å². The molecule has 2 rings (SSSR count). The first-order valence-electron chi connectivity index (χ1n) is 4.81. The van der Waals surface area contributed by atoms with Gasteiger partial charge in [-0.2, -0.15) is 30.3 Å². The molecule has 15 heavy (non-hydrogen) atoms. The zero-order valence-electron chi connectivity index (χ0n) is 9.12. The molecule has 0 aliphatic rings. The van der Waals surface area contributed by atoms with Gasteiger partial charge in [0.1, 0.15) is 0 Å². The first-order chi connectivity index (χ1) is 6.77. The van der Waals surface area contributed by atoms with Crippen LogP contribution in [0.3, 0.4) is 0 Å². The van der Waals surface area contributed by atoms with Gasteiger partial charge < -0.3 is 0 Å². The van der Waals surface area contributed by atoms with Crippen molar-refractivity contribution in [3.05, 3.63) is 59.7 Å². The molecule has 0 aliphatic carbocycles. The molecule has 2 aromatic carbocycles. The molecule has 70 valence electrons. The van der Waals surface area contributed by atoms with Crippen LogP contribution < -0.4 is 0 Å². The average Bonchev–Trinajstić information content (AvgIpc) is 2.19. The molecule has 0 spiro atoms. The van der Waals surface area contributed by atoms with Crippen LogP contribution in [0, 0.1) is 19.9 Å². The Bertz CT molecular complexity index is 432. The summed E-state index contributed by atoms with van der Waals surface area (Å²) in [6.07, 6.45) is 0. The minimum Gasteiger partial charge on any atom is -0.183 e. The second-order valence-electron chi connectivity index (χ2n) is 3.61. The zero-order chi connectivity index (χ0) is 9.97. The SMILES string of the molecule is Cc1ccc(-c2c[c-]ccc2)c(C)c1.[Y+3]. The molecular formula is C14H13Y+2. The van der Waals surface area contributed by atoms with Crippen molar-refractivity contribution in [3.8, 4) is 11.1 Å². The third-order valence-electron chi connectivity index (χ3n) is 2.40. The predicted molar refractivity (Wildman–Crippen MR) is 60.2 cm³/mol. The molecule has 0 heterocycles. The van der Waals surface area contributed by atoms with Crippen molar-refractivity contribution in [2.24, 2.45) is 0 Å². The van der Waals surface area contributed by atoms with Gasteiger partial charge in [0.2, 0.25) is 0 Å². The molecule has 0 saturated heterocycles. The minimum atomic E-state index is 0. The minimum absolute atomic E-state index is 0. The Morgan fingerprint density at radius 1 is 1.07 bits per heavy atom. The molecule has 0 nitrogen and oxygen atoms in total. The summed E-state index contributed by atoms with van der Waals surface area (Å²) >= 11 is 0. The van der Waals surface area contributed by atoms with Gasteiger partial charge in [-0.05, 0) is 13.8 Å². The smallest absolute Gasteiger partial charge is 0.183 e. The summed E-state index contributed by atoms with van der Waals surface area (Å²) in [6.45, 7) is 4.27. The maximum atomic E-state index is 3.10. The van der Waals surface area contributed by atoms with Gasteiger partial charge >= 0.3 is 32.7 Å². The Morgan fingerprint density at radius 2 is 1.87 bits per heavy atom. The van der Waals surface area contributed by atoms with Crippen LogP contribution in [0.5, 0.6) is 0 Å². The predicted octanol–water partition coefficient (Wildman–Crippen LogP) is 3.77. The topological polar surface area (TPSA) is 0 Å². The van der Waals surface area contributed by atoms with Gasteiger partial charge in [-0.15, -0.1) is 5.56 Å². The Hall–Kier alpha value is -0.456. The molecule has 0 atom stereocenters. The first-order valence-corrected chi connectivity index (χ1v) is 4.81. The summed E-state index contributed by atoms with van der Waals surface area (Å²) < 4.78 is 0. The summed E-state index contributed by atoms with van der Waals surface area (Å²) in [4.78, 5) is 0. The van der Waals surface area contributed by atoms with Crippen molar-refractivity contribution < 1.29 is 32.7 Å². The molecule has 0 N–H and O–H groups in total. The van der Waals surface area contributed by atoms with Crippen LogP contribution >= 0.6 is 0 Å². The molecule has 0 bridgehead atoms.